The zero-order chi connectivity index (χ0) is 10.7. The van der Waals surface area contributed by atoms with Gasteiger partial charge < -0.3 is 10.2 Å². The molecule has 1 aromatic rings. The lowest BCUT2D eigenvalue weighted by molar-refractivity contribution is 0.182. The van der Waals surface area contributed by atoms with Crippen molar-refractivity contribution < 1.29 is 0 Å². The van der Waals surface area contributed by atoms with E-state index in [2.05, 4.69) is 48.5 Å². The summed E-state index contributed by atoms with van der Waals surface area (Å²) in [6, 6.07) is 9.63. The van der Waals surface area contributed by atoms with Gasteiger partial charge in [-0.05, 0) is 26.0 Å². The predicted octanol–water partition coefficient (Wildman–Crippen LogP) is 1.44. The third-order valence-corrected chi connectivity index (χ3v) is 3.26. The quantitative estimate of drug-likeness (QED) is 0.798. The molecule has 2 rings (SSSR count). The largest absolute Gasteiger partial charge is 0.314 e. The molecule has 0 spiro atoms. The molecule has 0 unspecified atom stereocenters. The maximum absolute atomic E-state index is 3.31. The SMILES string of the molecule is Cc1ccc(CCN(C)C2CNC2)cc1. The summed E-state index contributed by atoms with van der Waals surface area (Å²) in [5, 5.41) is 3.31. The maximum Gasteiger partial charge on any atom is 0.0342 e. The van der Waals surface area contributed by atoms with Gasteiger partial charge >= 0.3 is 0 Å². The fourth-order valence-electron chi connectivity index (χ4n) is 1.83. The van der Waals surface area contributed by atoms with Crippen molar-refractivity contribution in [3.8, 4) is 0 Å². The first kappa shape index (κ1) is 10.7. The average molecular weight is 204 g/mol. The van der Waals surface area contributed by atoms with Crippen LogP contribution in [-0.2, 0) is 6.42 Å². The summed E-state index contributed by atoms with van der Waals surface area (Å²) in [5.74, 6) is 0. The molecule has 0 saturated carbocycles. The minimum Gasteiger partial charge on any atom is -0.314 e. The Morgan fingerprint density at radius 2 is 1.93 bits per heavy atom. The smallest absolute Gasteiger partial charge is 0.0342 e. The average Bonchev–Trinajstić information content (AvgIpc) is 2.14. The first-order valence-electron chi connectivity index (χ1n) is 5.72. The molecule has 2 heteroatoms. The van der Waals surface area contributed by atoms with Crippen LogP contribution in [0.3, 0.4) is 0 Å². The summed E-state index contributed by atoms with van der Waals surface area (Å²) in [5.41, 5.74) is 2.79. The molecule has 0 aliphatic carbocycles. The van der Waals surface area contributed by atoms with Crippen molar-refractivity contribution in [2.24, 2.45) is 0 Å². The second kappa shape index (κ2) is 4.77. The van der Waals surface area contributed by atoms with E-state index in [0.29, 0.717) is 0 Å². The zero-order valence-electron chi connectivity index (χ0n) is 9.66. The molecular weight excluding hydrogens is 184 g/mol. The van der Waals surface area contributed by atoms with Gasteiger partial charge in [-0.2, -0.15) is 0 Å². The van der Waals surface area contributed by atoms with E-state index < -0.39 is 0 Å². The van der Waals surface area contributed by atoms with Crippen LogP contribution in [0.25, 0.3) is 0 Å². The van der Waals surface area contributed by atoms with E-state index in [-0.39, 0.29) is 0 Å². The molecule has 1 aliphatic heterocycles. The van der Waals surface area contributed by atoms with E-state index in [1.807, 2.05) is 0 Å². The lowest BCUT2D eigenvalue weighted by atomic mass is 10.1. The molecule has 0 bridgehead atoms. The number of aryl methyl sites for hydroxylation is 1. The van der Waals surface area contributed by atoms with Crippen LogP contribution in [0.5, 0.6) is 0 Å². The third kappa shape index (κ3) is 2.80. The van der Waals surface area contributed by atoms with E-state index in [0.717, 1.165) is 32.1 Å². The fraction of sp³-hybridized carbons (Fsp3) is 0.538. The van der Waals surface area contributed by atoms with Gasteiger partial charge in [0.15, 0.2) is 0 Å². The highest BCUT2D eigenvalue weighted by molar-refractivity contribution is 5.21. The summed E-state index contributed by atoms with van der Waals surface area (Å²) >= 11 is 0. The Hall–Kier alpha value is -0.860. The number of nitrogens with one attached hydrogen (secondary N) is 1. The molecule has 1 heterocycles. The van der Waals surface area contributed by atoms with Crippen molar-refractivity contribution in [2.75, 3.05) is 26.7 Å². The highest BCUT2D eigenvalue weighted by Crippen LogP contribution is 2.07. The maximum atomic E-state index is 3.31. The first-order valence-corrected chi connectivity index (χ1v) is 5.72. The molecule has 1 N–H and O–H groups in total. The Balaban J connectivity index is 1.79. The van der Waals surface area contributed by atoms with Crippen molar-refractivity contribution in [3.05, 3.63) is 35.4 Å². The monoisotopic (exact) mass is 204 g/mol. The van der Waals surface area contributed by atoms with Crippen molar-refractivity contribution >= 4 is 0 Å². The molecule has 82 valence electrons. The van der Waals surface area contributed by atoms with E-state index in [1.165, 1.54) is 11.1 Å². The van der Waals surface area contributed by atoms with Crippen molar-refractivity contribution in [3.63, 3.8) is 0 Å². The Labute approximate surface area is 92.3 Å². The van der Waals surface area contributed by atoms with E-state index in [9.17, 15) is 0 Å². The molecule has 2 nitrogen and oxygen atoms in total. The van der Waals surface area contributed by atoms with E-state index in [1.54, 1.807) is 0 Å². The molecule has 1 aliphatic rings. The normalized spacial score (nSPS) is 16.7. The lowest BCUT2D eigenvalue weighted by Crippen LogP contribution is -2.56. The zero-order valence-corrected chi connectivity index (χ0v) is 9.66. The van der Waals surface area contributed by atoms with E-state index in [4.69, 9.17) is 0 Å². The molecular formula is C13H20N2. The second-order valence-corrected chi connectivity index (χ2v) is 4.53. The fourth-order valence-corrected chi connectivity index (χ4v) is 1.83. The van der Waals surface area contributed by atoms with Crippen LogP contribution in [0.2, 0.25) is 0 Å². The van der Waals surface area contributed by atoms with Crippen molar-refractivity contribution in [1.29, 1.82) is 0 Å². The molecule has 1 saturated heterocycles. The van der Waals surface area contributed by atoms with Gasteiger partial charge in [-0.3, -0.25) is 0 Å². The van der Waals surface area contributed by atoms with Crippen LogP contribution in [-0.4, -0.2) is 37.6 Å². The number of likely N-dealkylation sites (N-methyl/N-ethyl adjacent to an activating group) is 1. The van der Waals surface area contributed by atoms with Gasteiger partial charge in [-0.25, -0.2) is 0 Å². The van der Waals surface area contributed by atoms with Crippen LogP contribution in [0.1, 0.15) is 11.1 Å². The molecule has 1 fully saturated rings. The molecule has 0 atom stereocenters. The van der Waals surface area contributed by atoms with Crippen LogP contribution in [0.4, 0.5) is 0 Å². The number of rotatable bonds is 4. The van der Waals surface area contributed by atoms with Gasteiger partial charge in [0.2, 0.25) is 0 Å². The Kier molecular flexibility index (Phi) is 3.39. The summed E-state index contributed by atoms with van der Waals surface area (Å²) in [6.07, 6.45) is 1.16. The minimum absolute atomic E-state index is 0.760. The topological polar surface area (TPSA) is 15.3 Å². The number of nitrogens with zero attached hydrogens (tertiary/aromatic N) is 1. The lowest BCUT2D eigenvalue weighted by Gasteiger charge is -2.35. The van der Waals surface area contributed by atoms with Gasteiger partial charge in [0.25, 0.3) is 0 Å². The van der Waals surface area contributed by atoms with Gasteiger partial charge in [0.05, 0.1) is 0 Å². The number of hydrogen-bond donors (Lipinski definition) is 1. The first-order chi connectivity index (χ1) is 7.25. The summed E-state index contributed by atoms with van der Waals surface area (Å²) in [4.78, 5) is 2.45. The number of benzene rings is 1. The third-order valence-electron chi connectivity index (χ3n) is 3.26. The van der Waals surface area contributed by atoms with Crippen LogP contribution in [0.15, 0.2) is 24.3 Å². The van der Waals surface area contributed by atoms with Crippen molar-refractivity contribution in [2.45, 2.75) is 19.4 Å². The summed E-state index contributed by atoms with van der Waals surface area (Å²) < 4.78 is 0. The van der Waals surface area contributed by atoms with E-state index >= 15 is 0 Å². The Morgan fingerprint density at radius 3 is 2.47 bits per heavy atom. The Morgan fingerprint density at radius 1 is 1.27 bits per heavy atom. The van der Waals surface area contributed by atoms with Crippen LogP contribution in [0, 0.1) is 6.92 Å². The summed E-state index contributed by atoms with van der Waals surface area (Å²) in [7, 11) is 2.22. The minimum atomic E-state index is 0.760. The van der Waals surface area contributed by atoms with Gasteiger partial charge in [-0.1, -0.05) is 29.8 Å². The van der Waals surface area contributed by atoms with Gasteiger partial charge in [0, 0.05) is 25.7 Å². The predicted molar refractivity (Wildman–Crippen MR) is 64.2 cm³/mol. The standard InChI is InChI=1S/C13H20N2/c1-11-3-5-12(6-4-11)7-8-15(2)13-9-14-10-13/h3-6,13-14H,7-10H2,1-2H3. The molecule has 0 amide bonds. The van der Waals surface area contributed by atoms with Crippen LogP contribution >= 0.6 is 0 Å². The van der Waals surface area contributed by atoms with Gasteiger partial charge in [0.1, 0.15) is 0 Å². The van der Waals surface area contributed by atoms with Crippen molar-refractivity contribution in [1.82, 2.24) is 10.2 Å². The summed E-state index contributed by atoms with van der Waals surface area (Å²) in [6.45, 7) is 5.61. The van der Waals surface area contributed by atoms with Crippen LogP contribution < -0.4 is 5.32 Å². The molecule has 1 aromatic carbocycles. The highest BCUT2D eigenvalue weighted by atomic mass is 15.2. The molecule has 15 heavy (non-hydrogen) atoms. The highest BCUT2D eigenvalue weighted by Gasteiger charge is 2.20. The molecule has 0 aromatic heterocycles. The second-order valence-electron chi connectivity index (χ2n) is 4.53. The Bertz CT molecular complexity index is 301. The van der Waals surface area contributed by atoms with Gasteiger partial charge in [-0.15, -0.1) is 0 Å². The molecule has 0 radical (unpaired) electrons. The number of hydrogen-bond acceptors (Lipinski definition) is 2.